The molecule has 1 aromatic carbocycles. The largest absolute Gasteiger partial charge is 0.378 e. The van der Waals surface area contributed by atoms with E-state index in [0.717, 1.165) is 25.9 Å². The first-order valence-corrected chi connectivity index (χ1v) is 8.06. The van der Waals surface area contributed by atoms with Gasteiger partial charge in [0, 0.05) is 18.7 Å². The zero-order valence-corrected chi connectivity index (χ0v) is 13.1. The second-order valence-electron chi connectivity index (χ2n) is 6.47. The molecule has 2 rings (SSSR count). The molecule has 1 aliphatic heterocycles. The van der Waals surface area contributed by atoms with Gasteiger partial charge in [0.1, 0.15) is 0 Å². The third-order valence-corrected chi connectivity index (χ3v) is 4.29. The molecule has 20 heavy (non-hydrogen) atoms. The van der Waals surface area contributed by atoms with Crippen LogP contribution in [0.25, 0.3) is 0 Å². The summed E-state index contributed by atoms with van der Waals surface area (Å²) < 4.78 is 5.84. The van der Waals surface area contributed by atoms with Crippen molar-refractivity contribution in [3.05, 3.63) is 35.9 Å². The molecule has 0 bridgehead atoms. The van der Waals surface area contributed by atoms with E-state index < -0.39 is 0 Å². The molecule has 1 fully saturated rings. The molecule has 0 spiro atoms. The molecular weight excluding hydrogens is 246 g/mol. The maximum Gasteiger partial charge on any atom is 0.0612 e. The summed E-state index contributed by atoms with van der Waals surface area (Å²) in [4.78, 5) is 0. The number of benzene rings is 1. The lowest BCUT2D eigenvalue weighted by Crippen LogP contribution is -2.44. The molecule has 0 aliphatic carbocycles. The molecule has 0 radical (unpaired) electrons. The van der Waals surface area contributed by atoms with Crippen molar-refractivity contribution in [3.63, 3.8) is 0 Å². The van der Waals surface area contributed by atoms with Crippen LogP contribution in [0.4, 0.5) is 0 Å². The van der Waals surface area contributed by atoms with Crippen LogP contribution in [0.15, 0.2) is 30.3 Å². The van der Waals surface area contributed by atoms with Gasteiger partial charge < -0.3 is 10.1 Å². The first-order valence-electron chi connectivity index (χ1n) is 8.06. The molecule has 3 unspecified atom stereocenters. The summed E-state index contributed by atoms with van der Waals surface area (Å²) >= 11 is 0. The van der Waals surface area contributed by atoms with Gasteiger partial charge in [-0.3, -0.25) is 0 Å². The van der Waals surface area contributed by atoms with Crippen molar-refractivity contribution in [1.82, 2.24) is 5.32 Å². The highest BCUT2D eigenvalue weighted by Crippen LogP contribution is 2.20. The van der Waals surface area contributed by atoms with Crippen molar-refractivity contribution in [3.8, 4) is 0 Å². The first-order chi connectivity index (χ1) is 9.65. The van der Waals surface area contributed by atoms with Crippen LogP contribution < -0.4 is 5.32 Å². The smallest absolute Gasteiger partial charge is 0.0612 e. The van der Waals surface area contributed by atoms with Gasteiger partial charge in [-0.2, -0.15) is 0 Å². The lowest BCUT2D eigenvalue weighted by molar-refractivity contribution is -0.0257. The Labute approximate surface area is 123 Å². The number of nitrogens with one attached hydrogen (secondary N) is 1. The maximum atomic E-state index is 5.84. The van der Waals surface area contributed by atoms with Gasteiger partial charge in [-0.05, 0) is 44.1 Å². The molecule has 1 aromatic rings. The summed E-state index contributed by atoms with van der Waals surface area (Å²) in [6.45, 7) is 7.73. The zero-order valence-electron chi connectivity index (χ0n) is 13.1. The number of aryl methyl sites for hydroxylation is 1. The van der Waals surface area contributed by atoms with E-state index in [1.807, 2.05) is 0 Å². The maximum absolute atomic E-state index is 5.84. The molecular formula is C18H29NO. The van der Waals surface area contributed by atoms with Gasteiger partial charge in [0.2, 0.25) is 0 Å². The second kappa shape index (κ2) is 7.80. The summed E-state index contributed by atoms with van der Waals surface area (Å²) in [6.07, 6.45) is 5.11. The second-order valence-corrected chi connectivity index (χ2v) is 6.47. The van der Waals surface area contributed by atoms with E-state index in [2.05, 4.69) is 56.4 Å². The normalized spacial score (nSPS) is 24.8. The van der Waals surface area contributed by atoms with Crippen LogP contribution in [-0.2, 0) is 11.2 Å². The molecule has 1 saturated heterocycles. The molecule has 2 heteroatoms. The van der Waals surface area contributed by atoms with Crippen molar-refractivity contribution >= 4 is 0 Å². The minimum atomic E-state index is 0.433. The molecule has 0 amide bonds. The Bertz CT molecular complexity index is 376. The fourth-order valence-corrected chi connectivity index (χ4v) is 2.96. The van der Waals surface area contributed by atoms with E-state index in [0.29, 0.717) is 24.1 Å². The Morgan fingerprint density at radius 3 is 2.65 bits per heavy atom. The minimum absolute atomic E-state index is 0.433. The number of hydrogen-bond acceptors (Lipinski definition) is 2. The van der Waals surface area contributed by atoms with Crippen molar-refractivity contribution in [2.75, 3.05) is 6.61 Å². The topological polar surface area (TPSA) is 21.3 Å². The van der Waals surface area contributed by atoms with Gasteiger partial charge in [0.05, 0.1) is 6.10 Å². The summed E-state index contributed by atoms with van der Waals surface area (Å²) in [6, 6.07) is 12.0. The van der Waals surface area contributed by atoms with E-state index in [9.17, 15) is 0 Å². The molecule has 2 nitrogen and oxygen atoms in total. The summed E-state index contributed by atoms with van der Waals surface area (Å²) in [5.41, 5.74) is 1.44. The van der Waals surface area contributed by atoms with Crippen LogP contribution in [0.1, 0.15) is 45.6 Å². The van der Waals surface area contributed by atoms with Crippen LogP contribution in [0.3, 0.4) is 0 Å². The average molecular weight is 275 g/mol. The Kier molecular flexibility index (Phi) is 6.06. The monoisotopic (exact) mass is 275 g/mol. The summed E-state index contributed by atoms with van der Waals surface area (Å²) in [7, 11) is 0. The van der Waals surface area contributed by atoms with Crippen LogP contribution in [-0.4, -0.2) is 24.8 Å². The molecule has 0 saturated carbocycles. The van der Waals surface area contributed by atoms with Crippen molar-refractivity contribution < 1.29 is 4.74 Å². The fraction of sp³-hybridized carbons (Fsp3) is 0.667. The number of ether oxygens (including phenoxy) is 1. The predicted molar refractivity (Wildman–Crippen MR) is 85.0 cm³/mol. The van der Waals surface area contributed by atoms with Gasteiger partial charge in [0.15, 0.2) is 0 Å². The Morgan fingerprint density at radius 2 is 1.95 bits per heavy atom. The van der Waals surface area contributed by atoms with Gasteiger partial charge in [-0.1, -0.05) is 44.2 Å². The van der Waals surface area contributed by atoms with Crippen molar-refractivity contribution in [2.24, 2.45) is 5.92 Å². The predicted octanol–water partition coefficient (Wildman–Crippen LogP) is 3.80. The van der Waals surface area contributed by atoms with Gasteiger partial charge in [-0.15, -0.1) is 0 Å². The van der Waals surface area contributed by atoms with Crippen molar-refractivity contribution in [1.29, 1.82) is 0 Å². The average Bonchev–Trinajstić information content (AvgIpc) is 2.46. The highest BCUT2D eigenvalue weighted by atomic mass is 16.5. The fourth-order valence-electron chi connectivity index (χ4n) is 2.96. The van der Waals surface area contributed by atoms with E-state index in [4.69, 9.17) is 4.74 Å². The standard InChI is InChI=1S/C18H29NO/c1-14(2)18-13-17(11-12-20-18)19-15(3)9-10-16-7-5-4-6-8-16/h4-8,14-15,17-19H,9-13H2,1-3H3. The molecule has 1 aliphatic rings. The third kappa shape index (κ3) is 4.92. The SMILES string of the molecule is CC(CCc1ccccc1)NC1CCOC(C(C)C)C1. The zero-order chi connectivity index (χ0) is 14.4. The summed E-state index contributed by atoms with van der Waals surface area (Å²) in [5.74, 6) is 0.624. The minimum Gasteiger partial charge on any atom is -0.378 e. The van der Waals surface area contributed by atoms with Crippen LogP contribution >= 0.6 is 0 Å². The first kappa shape index (κ1) is 15.5. The van der Waals surface area contributed by atoms with E-state index >= 15 is 0 Å². The molecule has 3 atom stereocenters. The summed E-state index contributed by atoms with van der Waals surface area (Å²) in [5, 5.41) is 3.79. The van der Waals surface area contributed by atoms with Crippen LogP contribution in [0.2, 0.25) is 0 Å². The lowest BCUT2D eigenvalue weighted by Gasteiger charge is -2.34. The molecule has 1 heterocycles. The Balaban J connectivity index is 1.72. The number of hydrogen-bond donors (Lipinski definition) is 1. The van der Waals surface area contributed by atoms with Crippen molar-refractivity contribution in [2.45, 2.75) is 64.6 Å². The quantitative estimate of drug-likeness (QED) is 0.852. The van der Waals surface area contributed by atoms with E-state index in [1.165, 1.54) is 12.0 Å². The van der Waals surface area contributed by atoms with Gasteiger partial charge in [0.25, 0.3) is 0 Å². The van der Waals surface area contributed by atoms with E-state index in [-0.39, 0.29) is 0 Å². The van der Waals surface area contributed by atoms with Crippen LogP contribution in [0, 0.1) is 5.92 Å². The highest BCUT2D eigenvalue weighted by molar-refractivity contribution is 5.14. The molecule has 112 valence electrons. The van der Waals surface area contributed by atoms with E-state index in [1.54, 1.807) is 0 Å². The highest BCUT2D eigenvalue weighted by Gasteiger charge is 2.25. The Hall–Kier alpha value is -0.860. The van der Waals surface area contributed by atoms with Gasteiger partial charge in [-0.25, -0.2) is 0 Å². The van der Waals surface area contributed by atoms with Crippen LogP contribution in [0.5, 0.6) is 0 Å². The Morgan fingerprint density at radius 1 is 1.20 bits per heavy atom. The third-order valence-electron chi connectivity index (χ3n) is 4.29. The van der Waals surface area contributed by atoms with Gasteiger partial charge >= 0.3 is 0 Å². The molecule has 0 aromatic heterocycles. The number of rotatable bonds is 6. The molecule has 1 N–H and O–H groups in total. The lowest BCUT2D eigenvalue weighted by atomic mass is 9.94.